The van der Waals surface area contributed by atoms with E-state index in [1.165, 1.54) is 5.56 Å². The van der Waals surface area contributed by atoms with Gasteiger partial charge in [0.2, 0.25) is 0 Å². The van der Waals surface area contributed by atoms with Gasteiger partial charge in [0.25, 0.3) is 0 Å². The minimum absolute atomic E-state index is 0. The van der Waals surface area contributed by atoms with Crippen LogP contribution in [0.5, 0.6) is 0 Å². The minimum Gasteiger partial charge on any atom is -0.0613 e. The van der Waals surface area contributed by atoms with Crippen molar-refractivity contribution in [3.05, 3.63) is 42.3 Å². The van der Waals surface area contributed by atoms with Gasteiger partial charge >= 0.3 is 23.1 Å². The normalized spacial score (nSPS) is 8.60. The van der Waals surface area contributed by atoms with E-state index in [1.807, 2.05) is 12.1 Å². The summed E-state index contributed by atoms with van der Waals surface area (Å²) in [5, 5.41) is 0. The highest BCUT2D eigenvalue weighted by atomic mass is 24.3. The van der Waals surface area contributed by atoms with Crippen LogP contribution in [0.2, 0.25) is 0 Å². The Bertz CT molecular complexity index is 176. The molecule has 0 nitrogen and oxygen atoms in total. The van der Waals surface area contributed by atoms with E-state index in [9.17, 15) is 0 Å². The first-order valence-electron chi connectivity index (χ1n) is 3.24. The average Bonchev–Trinajstić information content (AvgIpc) is 1.90. The number of benzene rings is 1. The quantitative estimate of drug-likeness (QED) is 0.526. The average molecular weight is 146 g/mol. The van der Waals surface area contributed by atoms with Crippen molar-refractivity contribution in [3.8, 4) is 0 Å². The van der Waals surface area contributed by atoms with E-state index < -0.39 is 0 Å². The fraction of sp³-hybridized carbons (Fsp3) is 0.222. The molecular formula is C9H13Mg. The van der Waals surface area contributed by atoms with E-state index in [0.29, 0.717) is 0 Å². The highest BCUT2D eigenvalue weighted by molar-refractivity contribution is 5.75. The zero-order chi connectivity index (χ0) is 6.69. The lowest BCUT2D eigenvalue weighted by atomic mass is 10.1. The van der Waals surface area contributed by atoms with Crippen LogP contribution in [0.3, 0.4) is 0 Å². The molecule has 0 heterocycles. The van der Waals surface area contributed by atoms with Crippen LogP contribution >= 0.6 is 0 Å². The van der Waals surface area contributed by atoms with Gasteiger partial charge in [-0.15, -0.1) is 0 Å². The van der Waals surface area contributed by atoms with E-state index in [1.54, 1.807) is 0 Å². The van der Waals surface area contributed by atoms with Crippen LogP contribution in [-0.4, -0.2) is 23.1 Å². The van der Waals surface area contributed by atoms with Crippen LogP contribution < -0.4 is 0 Å². The molecule has 51 valence electrons. The van der Waals surface area contributed by atoms with E-state index in [-0.39, 0.29) is 23.1 Å². The molecule has 0 aliphatic rings. The molecule has 1 radical (unpaired) electrons. The maximum absolute atomic E-state index is 3.80. The fourth-order valence-corrected chi connectivity index (χ4v) is 0.775. The predicted molar refractivity (Wildman–Crippen MR) is 48.8 cm³/mol. The van der Waals surface area contributed by atoms with E-state index in [4.69, 9.17) is 0 Å². The molecule has 1 heteroatoms. The molecule has 0 bridgehead atoms. The lowest BCUT2D eigenvalue weighted by molar-refractivity contribution is 1.14. The highest BCUT2D eigenvalue weighted by Gasteiger charge is 1.84. The van der Waals surface area contributed by atoms with Crippen molar-refractivity contribution in [1.29, 1.82) is 0 Å². The summed E-state index contributed by atoms with van der Waals surface area (Å²) in [6.45, 7) is 5.95. The summed E-state index contributed by atoms with van der Waals surface area (Å²) in [5.74, 6) is 0. The topological polar surface area (TPSA) is 0 Å². The summed E-state index contributed by atoms with van der Waals surface area (Å²) in [6, 6.07) is 8.31. The lowest BCUT2D eigenvalue weighted by Gasteiger charge is -1.94. The molecule has 0 saturated heterocycles. The van der Waals surface area contributed by atoms with Gasteiger partial charge in [0.1, 0.15) is 0 Å². The number of rotatable bonds is 1. The Kier molecular flexibility index (Phi) is 4.74. The molecule has 0 fully saturated rings. The Morgan fingerprint density at radius 2 is 1.70 bits per heavy atom. The summed E-state index contributed by atoms with van der Waals surface area (Å²) < 4.78 is 0. The Morgan fingerprint density at radius 1 is 1.20 bits per heavy atom. The fourth-order valence-electron chi connectivity index (χ4n) is 0.775. The molecular weight excluding hydrogens is 132 g/mol. The summed E-state index contributed by atoms with van der Waals surface area (Å²) in [4.78, 5) is 0. The van der Waals surface area contributed by atoms with Crippen molar-refractivity contribution in [2.45, 2.75) is 13.3 Å². The van der Waals surface area contributed by atoms with Gasteiger partial charge in [-0.3, -0.25) is 0 Å². The van der Waals surface area contributed by atoms with Crippen molar-refractivity contribution in [2.24, 2.45) is 0 Å². The number of aryl methyl sites for hydroxylation is 1. The van der Waals surface area contributed by atoms with Gasteiger partial charge in [0, 0.05) is 0 Å². The second-order valence-electron chi connectivity index (χ2n) is 2.17. The standard InChI is InChI=1S/C9H11.Mg.2H/c1-3-9-6-4-8(2)5-7-9;;;/h4-7H,2-3H2,1H3;;;. The third kappa shape index (κ3) is 2.71. The second kappa shape index (κ2) is 4.75. The Morgan fingerprint density at radius 3 is 2.10 bits per heavy atom. The third-order valence-corrected chi connectivity index (χ3v) is 1.43. The van der Waals surface area contributed by atoms with E-state index in [2.05, 4.69) is 26.0 Å². The van der Waals surface area contributed by atoms with Gasteiger partial charge < -0.3 is 0 Å². The van der Waals surface area contributed by atoms with Crippen molar-refractivity contribution in [1.82, 2.24) is 0 Å². The molecule has 0 atom stereocenters. The smallest absolute Gasteiger partial charge is 0.0613 e. The molecule has 1 aromatic carbocycles. The van der Waals surface area contributed by atoms with Gasteiger partial charge in [-0.1, -0.05) is 31.2 Å². The van der Waals surface area contributed by atoms with Crippen molar-refractivity contribution in [2.75, 3.05) is 0 Å². The molecule has 0 aliphatic carbocycles. The molecule has 0 saturated carbocycles. The molecule has 1 rings (SSSR count). The van der Waals surface area contributed by atoms with Crippen LogP contribution in [-0.2, 0) is 6.42 Å². The van der Waals surface area contributed by atoms with Gasteiger partial charge in [0.15, 0.2) is 0 Å². The van der Waals surface area contributed by atoms with Crippen molar-refractivity contribution < 1.29 is 0 Å². The summed E-state index contributed by atoms with van der Waals surface area (Å²) in [5.41, 5.74) is 2.47. The lowest BCUT2D eigenvalue weighted by Crippen LogP contribution is -1.77. The SMILES string of the molecule is [CH2]c1ccc(CC)cc1.[MgH2]. The molecule has 10 heavy (non-hydrogen) atoms. The zero-order valence-electron chi connectivity index (χ0n) is 5.72. The second-order valence-corrected chi connectivity index (χ2v) is 2.17. The first-order chi connectivity index (χ1) is 4.33. The van der Waals surface area contributed by atoms with Gasteiger partial charge in [0.05, 0.1) is 0 Å². The monoisotopic (exact) mass is 145 g/mol. The molecule has 0 amide bonds. The Labute approximate surface area is 78.8 Å². The molecule has 1 aromatic rings. The summed E-state index contributed by atoms with van der Waals surface area (Å²) >= 11 is 0. The third-order valence-electron chi connectivity index (χ3n) is 1.43. The van der Waals surface area contributed by atoms with Crippen LogP contribution in [0, 0.1) is 6.92 Å². The Hall–Kier alpha value is -0.0138. The maximum atomic E-state index is 3.80. The molecule has 0 aromatic heterocycles. The van der Waals surface area contributed by atoms with Crippen LogP contribution in [0.1, 0.15) is 18.1 Å². The van der Waals surface area contributed by atoms with E-state index >= 15 is 0 Å². The van der Waals surface area contributed by atoms with Crippen LogP contribution in [0.15, 0.2) is 24.3 Å². The number of hydrogen-bond donors (Lipinski definition) is 0. The largest absolute Gasteiger partial charge is 0.316 e. The first kappa shape index (κ1) is 9.99. The molecule has 0 aliphatic heterocycles. The predicted octanol–water partition coefficient (Wildman–Crippen LogP) is 1.51. The maximum Gasteiger partial charge on any atom is 0.316 e. The molecule has 0 unspecified atom stereocenters. The van der Waals surface area contributed by atoms with Crippen molar-refractivity contribution >= 4 is 23.1 Å². The van der Waals surface area contributed by atoms with Gasteiger partial charge in [-0.25, -0.2) is 0 Å². The van der Waals surface area contributed by atoms with Gasteiger partial charge in [-0.05, 0) is 24.5 Å². The van der Waals surface area contributed by atoms with E-state index in [0.717, 1.165) is 12.0 Å². The molecule has 0 spiro atoms. The Balaban J connectivity index is 0.000000810. The van der Waals surface area contributed by atoms with Crippen LogP contribution in [0.25, 0.3) is 0 Å². The number of hydrogen-bond acceptors (Lipinski definition) is 0. The van der Waals surface area contributed by atoms with Crippen molar-refractivity contribution in [3.63, 3.8) is 0 Å². The summed E-state index contributed by atoms with van der Waals surface area (Å²) in [6.07, 6.45) is 1.11. The molecule has 0 N–H and O–H groups in total. The highest BCUT2D eigenvalue weighted by Crippen LogP contribution is 2.02. The summed E-state index contributed by atoms with van der Waals surface area (Å²) in [7, 11) is 0. The zero-order valence-corrected chi connectivity index (χ0v) is 5.72. The van der Waals surface area contributed by atoms with Gasteiger partial charge in [-0.2, -0.15) is 0 Å². The van der Waals surface area contributed by atoms with Crippen LogP contribution in [0.4, 0.5) is 0 Å². The first-order valence-corrected chi connectivity index (χ1v) is 3.24. The minimum atomic E-state index is 0.